The lowest BCUT2D eigenvalue weighted by Crippen LogP contribution is -2.25. The van der Waals surface area contributed by atoms with E-state index in [1.54, 1.807) is 0 Å². The van der Waals surface area contributed by atoms with Crippen molar-refractivity contribution in [1.82, 2.24) is 5.32 Å². The molecule has 0 heterocycles. The Bertz CT molecular complexity index is 463. The third-order valence-corrected chi connectivity index (χ3v) is 6.22. The van der Waals surface area contributed by atoms with Crippen LogP contribution >= 0.6 is 11.8 Å². The number of thioether (sulfide) groups is 1. The summed E-state index contributed by atoms with van der Waals surface area (Å²) >= 11 is 1.88. The molecule has 0 atom stereocenters. The maximum absolute atomic E-state index is 11.9. The summed E-state index contributed by atoms with van der Waals surface area (Å²) in [5.41, 5.74) is 1.35. The predicted octanol–water partition coefficient (Wildman–Crippen LogP) is 7.52. The molecule has 0 saturated carbocycles. The maximum atomic E-state index is 11.9. The molecule has 28 heavy (non-hydrogen) atoms. The van der Waals surface area contributed by atoms with E-state index in [1.807, 2.05) is 17.8 Å². The monoisotopic (exact) mass is 405 g/mol. The molecule has 0 radical (unpaired) electrons. The first-order valence-corrected chi connectivity index (χ1v) is 12.9. The lowest BCUT2D eigenvalue weighted by molar-refractivity contribution is -0.121. The molecule has 0 aliphatic heterocycles. The normalized spacial score (nSPS) is 10.9. The van der Waals surface area contributed by atoms with Crippen molar-refractivity contribution in [2.24, 2.45) is 0 Å². The first kappa shape index (κ1) is 25.1. The van der Waals surface area contributed by atoms with E-state index in [1.165, 1.54) is 82.6 Å². The van der Waals surface area contributed by atoms with Gasteiger partial charge in [-0.15, -0.1) is 0 Å². The average Bonchev–Trinajstić information content (AvgIpc) is 2.72. The second kappa shape index (κ2) is 19.4. The van der Waals surface area contributed by atoms with E-state index >= 15 is 0 Å². The maximum Gasteiger partial charge on any atom is 0.220 e. The van der Waals surface area contributed by atoms with E-state index in [2.05, 4.69) is 36.5 Å². The summed E-state index contributed by atoms with van der Waals surface area (Å²) in [7, 11) is 0. The van der Waals surface area contributed by atoms with Crippen molar-refractivity contribution in [3.05, 3.63) is 35.9 Å². The number of benzene rings is 1. The lowest BCUT2D eigenvalue weighted by Gasteiger charge is -2.06. The topological polar surface area (TPSA) is 29.1 Å². The summed E-state index contributed by atoms with van der Waals surface area (Å²) in [4.78, 5) is 11.9. The highest BCUT2D eigenvalue weighted by atomic mass is 32.2. The molecule has 0 unspecified atom stereocenters. The largest absolute Gasteiger partial charge is 0.355 e. The highest BCUT2D eigenvalue weighted by Crippen LogP contribution is 2.13. The smallest absolute Gasteiger partial charge is 0.220 e. The lowest BCUT2D eigenvalue weighted by atomic mass is 10.0. The van der Waals surface area contributed by atoms with Crippen LogP contribution in [0.1, 0.15) is 102 Å². The fourth-order valence-electron chi connectivity index (χ4n) is 3.42. The third-order valence-electron chi connectivity index (χ3n) is 5.19. The Morgan fingerprint density at radius 3 is 1.89 bits per heavy atom. The van der Waals surface area contributed by atoms with Crippen molar-refractivity contribution in [2.45, 2.75) is 103 Å². The Morgan fingerprint density at radius 1 is 0.786 bits per heavy atom. The highest BCUT2D eigenvalue weighted by Gasteiger charge is 2.01. The van der Waals surface area contributed by atoms with Crippen LogP contribution in [0.15, 0.2) is 30.3 Å². The molecule has 0 fully saturated rings. The van der Waals surface area contributed by atoms with Gasteiger partial charge in [0, 0.05) is 24.5 Å². The van der Waals surface area contributed by atoms with Crippen molar-refractivity contribution >= 4 is 17.7 Å². The van der Waals surface area contributed by atoms with Gasteiger partial charge in [0.15, 0.2) is 0 Å². The molecule has 0 aliphatic carbocycles. The van der Waals surface area contributed by atoms with Crippen LogP contribution in [-0.2, 0) is 10.5 Å². The summed E-state index contributed by atoms with van der Waals surface area (Å²) in [5.74, 6) is 2.23. The van der Waals surface area contributed by atoms with Gasteiger partial charge in [0.05, 0.1) is 0 Å². The van der Waals surface area contributed by atoms with E-state index < -0.39 is 0 Å². The van der Waals surface area contributed by atoms with Gasteiger partial charge in [0.25, 0.3) is 0 Å². The average molecular weight is 406 g/mol. The Morgan fingerprint density at radius 2 is 1.32 bits per heavy atom. The molecule has 1 amide bonds. The van der Waals surface area contributed by atoms with Crippen molar-refractivity contribution < 1.29 is 4.79 Å². The van der Waals surface area contributed by atoms with Crippen molar-refractivity contribution in [2.75, 3.05) is 12.3 Å². The van der Waals surface area contributed by atoms with Crippen molar-refractivity contribution in [3.8, 4) is 0 Å². The van der Waals surface area contributed by atoms with Gasteiger partial charge in [0.1, 0.15) is 0 Å². The van der Waals surface area contributed by atoms with Gasteiger partial charge >= 0.3 is 0 Å². The molecule has 0 aliphatic rings. The highest BCUT2D eigenvalue weighted by molar-refractivity contribution is 7.98. The van der Waals surface area contributed by atoms with E-state index in [-0.39, 0.29) is 5.91 Å². The summed E-state index contributed by atoms with van der Waals surface area (Å²) in [5, 5.41) is 3.05. The molecule has 1 rings (SSSR count). The van der Waals surface area contributed by atoms with Crippen molar-refractivity contribution in [1.29, 1.82) is 0 Å². The Balaban J connectivity index is 1.77. The van der Waals surface area contributed by atoms with Gasteiger partial charge in [0.2, 0.25) is 5.91 Å². The quantitative estimate of drug-likeness (QED) is 0.241. The zero-order valence-electron chi connectivity index (χ0n) is 18.2. The fourth-order valence-corrected chi connectivity index (χ4v) is 4.24. The predicted molar refractivity (Wildman–Crippen MR) is 126 cm³/mol. The van der Waals surface area contributed by atoms with E-state index in [0.717, 1.165) is 24.5 Å². The van der Waals surface area contributed by atoms with Crippen LogP contribution in [0.4, 0.5) is 0 Å². The molecule has 0 saturated heterocycles. The number of carbonyl (C=O) groups is 1. The summed E-state index contributed by atoms with van der Waals surface area (Å²) in [6.45, 7) is 3.06. The second-order valence-corrected chi connectivity index (χ2v) is 8.99. The van der Waals surface area contributed by atoms with Gasteiger partial charge in [-0.05, 0) is 12.0 Å². The standard InChI is InChI=1S/C25H43NOS/c1-2-3-4-5-6-7-8-9-10-11-12-13-17-20-25(27)26-21-22-28-23-24-18-15-14-16-19-24/h14-16,18-19H,2-13,17,20-23H2,1H3,(H,26,27). The van der Waals surface area contributed by atoms with Gasteiger partial charge < -0.3 is 5.32 Å². The first-order chi connectivity index (χ1) is 13.8. The van der Waals surface area contributed by atoms with Gasteiger partial charge in [-0.25, -0.2) is 0 Å². The molecule has 1 aromatic carbocycles. The number of carbonyl (C=O) groups excluding carboxylic acids is 1. The molecule has 1 N–H and O–H groups in total. The van der Waals surface area contributed by atoms with Crippen LogP contribution in [0.5, 0.6) is 0 Å². The van der Waals surface area contributed by atoms with Crippen LogP contribution < -0.4 is 5.32 Å². The molecular formula is C25H43NOS. The molecule has 0 aromatic heterocycles. The molecule has 0 bridgehead atoms. The van der Waals surface area contributed by atoms with E-state index in [4.69, 9.17) is 0 Å². The van der Waals surface area contributed by atoms with Crippen molar-refractivity contribution in [3.63, 3.8) is 0 Å². The number of unbranched alkanes of at least 4 members (excludes halogenated alkanes) is 12. The van der Waals surface area contributed by atoms with Crippen LogP contribution in [0.2, 0.25) is 0 Å². The number of hydrogen-bond donors (Lipinski definition) is 1. The number of rotatable bonds is 19. The molecule has 160 valence electrons. The third kappa shape index (κ3) is 16.0. The minimum atomic E-state index is 0.225. The summed E-state index contributed by atoms with van der Waals surface area (Å²) < 4.78 is 0. The molecule has 3 heteroatoms. The van der Waals surface area contributed by atoms with Crippen LogP contribution in [0.25, 0.3) is 0 Å². The van der Waals surface area contributed by atoms with Gasteiger partial charge in [-0.2, -0.15) is 11.8 Å². The van der Waals surface area contributed by atoms with E-state index in [9.17, 15) is 4.79 Å². The number of nitrogens with one attached hydrogen (secondary N) is 1. The summed E-state index contributed by atoms with van der Waals surface area (Å²) in [6, 6.07) is 10.5. The Labute approximate surface area is 178 Å². The summed E-state index contributed by atoms with van der Waals surface area (Å²) in [6.07, 6.45) is 18.2. The van der Waals surface area contributed by atoms with Crippen LogP contribution in [0.3, 0.4) is 0 Å². The van der Waals surface area contributed by atoms with Gasteiger partial charge in [-0.1, -0.05) is 114 Å². The Kier molecular flexibility index (Phi) is 17.3. The number of amides is 1. The zero-order valence-corrected chi connectivity index (χ0v) is 19.0. The first-order valence-electron chi connectivity index (χ1n) is 11.7. The SMILES string of the molecule is CCCCCCCCCCCCCCCC(=O)NCCSCc1ccccc1. The van der Waals surface area contributed by atoms with E-state index in [0.29, 0.717) is 6.42 Å². The zero-order chi connectivity index (χ0) is 20.1. The Hall–Kier alpha value is -0.960. The van der Waals surface area contributed by atoms with Crippen LogP contribution in [-0.4, -0.2) is 18.2 Å². The minimum Gasteiger partial charge on any atom is -0.355 e. The number of hydrogen-bond acceptors (Lipinski definition) is 2. The fraction of sp³-hybridized carbons (Fsp3) is 0.720. The minimum absolute atomic E-state index is 0.225. The molecule has 2 nitrogen and oxygen atoms in total. The molecule has 1 aromatic rings. The van der Waals surface area contributed by atoms with Crippen LogP contribution in [0, 0.1) is 0 Å². The van der Waals surface area contributed by atoms with Gasteiger partial charge in [-0.3, -0.25) is 4.79 Å². The second-order valence-electron chi connectivity index (χ2n) is 7.88. The molecular weight excluding hydrogens is 362 g/mol. The molecule has 0 spiro atoms.